The highest BCUT2D eigenvalue weighted by Gasteiger charge is 2.22. The second kappa shape index (κ2) is 6.61. The minimum atomic E-state index is 0.893. The zero-order chi connectivity index (χ0) is 11.2. The van der Waals surface area contributed by atoms with E-state index in [0.29, 0.717) is 0 Å². The highest BCUT2D eigenvalue weighted by atomic mass is 15.1. The van der Waals surface area contributed by atoms with Gasteiger partial charge in [0.15, 0.2) is 0 Å². The molecule has 0 atom stereocenters. The van der Waals surface area contributed by atoms with Gasteiger partial charge in [-0.3, -0.25) is 0 Å². The molecule has 2 saturated carbocycles. The Morgan fingerprint density at radius 3 is 2.44 bits per heavy atom. The summed E-state index contributed by atoms with van der Waals surface area (Å²) in [6.45, 7) is 3.92. The van der Waals surface area contributed by atoms with E-state index >= 15 is 0 Å². The third kappa shape index (κ3) is 5.86. The van der Waals surface area contributed by atoms with Crippen molar-refractivity contribution in [2.45, 2.75) is 57.4 Å². The first-order chi connectivity index (χ1) is 7.84. The Bertz CT molecular complexity index is 185. The van der Waals surface area contributed by atoms with E-state index < -0.39 is 0 Å². The van der Waals surface area contributed by atoms with Gasteiger partial charge in [0.25, 0.3) is 0 Å². The van der Waals surface area contributed by atoms with Crippen LogP contribution in [-0.2, 0) is 0 Å². The quantitative estimate of drug-likeness (QED) is 0.574. The first-order valence-electron chi connectivity index (χ1n) is 7.26. The van der Waals surface area contributed by atoms with Crippen LogP contribution in [-0.4, -0.2) is 37.6 Å². The van der Waals surface area contributed by atoms with Crippen LogP contribution in [0.2, 0.25) is 0 Å². The van der Waals surface area contributed by atoms with Gasteiger partial charge in [0.05, 0.1) is 0 Å². The van der Waals surface area contributed by atoms with Crippen LogP contribution in [0.1, 0.15) is 51.4 Å². The fourth-order valence-corrected chi connectivity index (χ4v) is 2.29. The molecule has 1 N–H and O–H groups in total. The highest BCUT2D eigenvalue weighted by molar-refractivity contribution is 4.80. The fraction of sp³-hybridized carbons (Fsp3) is 1.00. The summed E-state index contributed by atoms with van der Waals surface area (Å²) in [7, 11) is 2.28. The van der Waals surface area contributed by atoms with Gasteiger partial charge in [0.2, 0.25) is 0 Å². The Labute approximate surface area is 101 Å². The molecule has 0 spiro atoms. The molecule has 2 nitrogen and oxygen atoms in total. The third-order valence-corrected chi connectivity index (χ3v) is 3.74. The van der Waals surface area contributed by atoms with Crippen molar-refractivity contribution in [3.8, 4) is 0 Å². The Morgan fingerprint density at radius 2 is 1.75 bits per heavy atom. The Kier molecular flexibility index (Phi) is 5.11. The number of rotatable bonds is 10. The van der Waals surface area contributed by atoms with Gasteiger partial charge in [-0.25, -0.2) is 0 Å². The molecule has 2 aliphatic rings. The van der Waals surface area contributed by atoms with Crippen molar-refractivity contribution in [2.24, 2.45) is 5.92 Å². The van der Waals surface area contributed by atoms with Crippen LogP contribution >= 0.6 is 0 Å². The van der Waals surface area contributed by atoms with E-state index in [4.69, 9.17) is 0 Å². The van der Waals surface area contributed by atoms with Gasteiger partial charge in [-0.2, -0.15) is 0 Å². The molecule has 2 fully saturated rings. The molecule has 16 heavy (non-hydrogen) atoms. The van der Waals surface area contributed by atoms with Crippen LogP contribution in [0.25, 0.3) is 0 Å². The van der Waals surface area contributed by atoms with Crippen molar-refractivity contribution >= 4 is 0 Å². The molecule has 0 aromatic rings. The Hall–Kier alpha value is -0.0800. The van der Waals surface area contributed by atoms with Gasteiger partial charge >= 0.3 is 0 Å². The molecule has 2 aliphatic carbocycles. The van der Waals surface area contributed by atoms with Gasteiger partial charge in [-0.05, 0) is 64.6 Å². The highest BCUT2D eigenvalue weighted by Crippen LogP contribution is 2.29. The summed E-state index contributed by atoms with van der Waals surface area (Å²) in [5.41, 5.74) is 0. The molecule has 0 amide bonds. The molecule has 94 valence electrons. The summed E-state index contributed by atoms with van der Waals surface area (Å²) in [5.74, 6) is 1.05. The van der Waals surface area contributed by atoms with Gasteiger partial charge in [-0.1, -0.05) is 12.8 Å². The standard InChI is InChI=1S/C14H28N2/c1-16(12-13-6-7-13)11-5-3-2-4-10-15-14-8-9-14/h13-15H,2-12H2,1H3. The van der Waals surface area contributed by atoms with Crippen LogP contribution in [0.3, 0.4) is 0 Å². The smallest absolute Gasteiger partial charge is 0.00682 e. The zero-order valence-electron chi connectivity index (χ0n) is 10.9. The normalized spacial score (nSPS) is 20.6. The summed E-state index contributed by atoms with van der Waals surface area (Å²) < 4.78 is 0. The summed E-state index contributed by atoms with van der Waals surface area (Å²) in [4.78, 5) is 2.53. The molecule has 0 heterocycles. The number of unbranched alkanes of at least 4 members (excludes halogenated alkanes) is 3. The molecule has 0 bridgehead atoms. The van der Waals surface area contributed by atoms with Gasteiger partial charge < -0.3 is 10.2 Å². The van der Waals surface area contributed by atoms with Crippen LogP contribution in [0.5, 0.6) is 0 Å². The first-order valence-corrected chi connectivity index (χ1v) is 7.26. The lowest BCUT2D eigenvalue weighted by Crippen LogP contribution is -2.22. The number of nitrogens with zero attached hydrogens (tertiary/aromatic N) is 1. The topological polar surface area (TPSA) is 15.3 Å². The molecule has 2 heteroatoms. The monoisotopic (exact) mass is 224 g/mol. The lowest BCUT2D eigenvalue weighted by Gasteiger charge is -2.15. The number of hydrogen-bond donors (Lipinski definition) is 1. The van der Waals surface area contributed by atoms with Gasteiger partial charge in [0.1, 0.15) is 0 Å². The average Bonchev–Trinajstić information content (AvgIpc) is 3.10. The van der Waals surface area contributed by atoms with Crippen LogP contribution in [0.15, 0.2) is 0 Å². The molecular weight excluding hydrogens is 196 g/mol. The maximum atomic E-state index is 3.58. The molecule has 0 aromatic heterocycles. The molecule has 0 saturated heterocycles. The van der Waals surface area contributed by atoms with E-state index in [2.05, 4.69) is 17.3 Å². The first kappa shape index (κ1) is 12.4. The predicted octanol–water partition coefficient (Wildman–Crippen LogP) is 2.64. The average molecular weight is 224 g/mol. The van der Waals surface area contributed by atoms with Crippen molar-refractivity contribution in [3.63, 3.8) is 0 Å². The molecule has 0 aromatic carbocycles. The van der Waals surface area contributed by atoms with Crippen LogP contribution in [0.4, 0.5) is 0 Å². The summed E-state index contributed by atoms with van der Waals surface area (Å²) in [6.07, 6.45) is 11.4. The SMILES string of the molecule is CN(CCCCCCNC1CC1)CC1CC1. The fourth-order valence-electron chi connectivity index (χ4n) is 2.29. The van der Waals surface area contributed by atoms with Gasteiger partial charge in [0, 0.05) is 12.6 Å². The van der Waals surface area contributed by atoms with Gasteiger partial charge in [-0.15, -0.1) is 0 Å². The van der Waals surface area contributed by atoms with Crippen molar-refractivity contribution in [2.75, 3.05) is 26.7 Å². The zero-order valence-corrected chi connectivity index (χ0v) is 10.9. The number of hydrogen-bond acceptors (Lipinski definition) is 2. The molecule has 0 radical (unpaired) electrons. The van der Waals surface area contributed by atoms with E-state index in [9.17, 15) is 0 Å². The van der Waals surface area contributed by atoms with Crippen LogP contribution in [0, 0.1) is 5.92 Å². The largest absolute Gasteiger partial charge is 0.314 e. The Morgan fingerprint density at radius 1 is 1.00 bits per heavy atom. The third-order valence-electron chi connectivity index (χ3n) is 3.74. The van der Waals surface area contributed by atoms with Crippen molar-refractivity contribution in [3.05, 3.63) is 0 Å². The van der Waals surface area contributed by atoms with E-state index in [0.717, 1.165) is 12.0 Å². The maximum Gasteiger partial charge on any atom is 0.00682 e. The van der Waals surface area contributed by atoms with E-state index in [1.807, 2.05) is 0 Å². The molecule has 0 unspecified atom stereocenters. The van der Waals surface area contributed by atoms with E-state index in [1.54, 1.807) is 0 Å². The second-order valence-electron chi connectivity index (χ2n) is 5.85. The summed E-state index contributed by atoms with van der Waals surface area (Å²) in [6, 6.07) is 0.893. The maximum absolute atomic E-state index is 3.58. The number of nitrogens with one attached hydrogen (secondary N) is 1. The predicted molar refractivity (Wildman–Crippen MR) is 69.7 cm³/mol. The molecule has 0 aliphatic heterocycles. The van der Waals surface area contributed by atoms with E-state index in [-0.39, 0.29) is 0 Å². The van der Waals surface area contributed by atoms with E-state index in [1.165, 1.54) is 71.0 Å². The molecular formula is C14H28N2. The lowest BCUT2D eigenvalue weighted by molar-refractivity contribution is 0.311. The van der Waals surface area contributed by atoms with Crippen molar-refractivity contribution in [1.29, 1.82) is 0 Å². The lowest BCUT2D eigenvalue weighted by atomic mass is 10.2. The Balaban J connectivity index is 1.30. The summed E-state index contributed by atoms with van der Waals surface area (Å²) >= 11 is 0. The minimum Gasteiger partial charge on any atom is -0.314 e. The minimum absolute atomic E-state index is 0.893. The molecule has 2 rings (SSSR count). The summed E-state index contributed by atoms with van der Waals surface area (Å²) in [5, 5.41) is 3.58. The van der Waals surface area contributed by atoms with Crippen LogP contribution < -0.4 is 5.32 Å². The van der Waals surface area contributed by atoms with Crippen molar-refractivity contribution in [1.82, 2.24) is 10.2 Å². The van der Waals surface area contributed by atoms with Crippen molar-refractivity contribution < 1.29 is 0 Å². The second-order valence-corrected chi connectivity index (χ2v) is 5.85.